The van der Waals surface area contributed by atoms with Gasteiger partial charge in [0.05, 0.1) is 18.8 Å². The van der Waals surface area contributed by atoms with Crippen LogP contribution in [-0.2, 0) is 4.74 Å². The fourth-order valence-corrected chi connectivity index (χ4v) is 2.82. The van der Waals surface area contributed by atoms with E-state index in [4.69, 9.17) is 10.5 Å². The number of alkyl halides is 1. The minimum Gasteiger partial charge on any atom is -0.393 e. The number of hydrogen-bond acceptors (Lipinski definition) is 3. The van der Waals surface area contributed by atoms with Crippen LogP contribution in [0.5, 0.6) is 0 Å². The summed E-state index contributed by atoms with van der Waals surface area (Å²) in [7, 11) is 0. The Kier molecular flexibility index (Phi) is 5.35. The van der Waals surface area contributed by atoms with E-state index in [2.05, 4.69) is 6.92 Å². The standard InChI is InChI=1S/C13H26FNO2/c1-3-5-6-11(4-2)13(15)10-17-8-7-12(13,14)9-16/h11,16H,3-10,15H2,1-2H3/t11?,12-,13-/m1/s1. The van der Waals surface area contributed by atoms with Crippen molar-refractivity contribution in [1.29, 1.82) is 0 Å². The molecule has 1 heterocycles. The van der Waals surface area contributed by atoms with E-state index in [0.717, 1.165) is 25.7 Å². The van der Waals surface area contributed by atoms with Gasteiger partial charge in [-0.05, 0) is 12.3 Å². The third kappa shape index (κ3) is 2.80. The van der Waals surface area contributed by atoms with Crippen LogP contribution in [0.2, 0.25) is 0 Å². The molecular weight excluding hydrogens is 221 g/mol. The highest BCUT2D eigenvalue weighted by molar-refractivity contribution is 5.09. The SMILES string of the molecule is CCCCC(CC)[C@]1(N)COCC[C@@]1(F)CO. The highest BCUT2D eigenvalue weighted by atomic mass is 19.1. The van der Waals surface area contributed by atoms with Gasteiger partial charge in [-0.2, -0.15) is 0 Å². The highest BCUT2D eigenvalue weighted by Gasteiger charge is 2.55. The molecule has 0 amide bonds. The lowest BCUT2D eigenvalue weighted by Crippen LogP contribution is -2.69. The molecule has 1 aliphatic rings. The molecule has 3 nitrogen and oxygen atoms in total. The summed E-state index contributed by atoms with van der Waals surface area (Å²) in [5, 5.41) is 9.35. The van der Waals surface area contributed by atoms with Crippen LogP contribution in [0.1, 0.15) is 46.0 Å². The monoisotopic (exact) mass is 247 g/mol. The summed E-state index contributed by atoms with van der Waals surface area (Å²) in [6.45, 7) is 4.20. The van der Waals surface area contributed by atoms with Crippen LogP contribution in [-0.4, -0.2) is 36.1 Å². The average Bonchev–Trinajstić information content (AvgIpc) is 2.34. The molecule has 0 aliphatic carbocycles. The molecule has 0 saturated carbocycles. The topological polar surface area (TPSA) is 55.5 Å². The number of hydrogen-bond donors (Lipinski definition) is 2. The third-order valence-corrected chi connectivity index (χ3v) is 4.20. The van der Waals surface area contributed by atoms with Crippen LogP contribution in [0.3, 0.4) is 0 Å². The first-order valence-electron chi connectivity index (χ1n) is 6.70. The zero-order valence-corrected chi connectivity index (χ0v) is 11.0. The molecule has 0 aromatic heterocycles. The molecule has 0 aromatic carbocycles. The Bertz CT molecular complexity index is 239. The van der Waals surface area contributed by atoms with E-state index in [-0.39, 0.29) is 18.9 Å². The molecule has 1 rings (SSSR count). The lowest BCUT2D eigenvalue weighted by atomic mass is 9.68. The predicted molar refractivity (Wildman–Crippen MR) is 66.6 cm³/mol. The van der Waals surface area contributed by atoms with E-state index < -0.39 is 17.8 Å². The molecule has 17 heavy (non-hydrogen) atoms. The molecule has 3 N–H and O–H groups in total. The van der Waals surface area contributed by atoms with Crippen LogP contribution in [0.4, 0.5) is 4.39 Å². The molecule has 1 unspecified atom stereocenters. The van der Waals surface area contributed by atoms with Gasteiger partial charge in [-0.15, -0.1) is 0 Å². The van der Waals surface area contributed by atoms with Gasteiger partial charge < -0.3 is 15.6 Å². The van der Waals surface area contributed by atoms with Crippen molar-refractivity contribution in [3.63, 3.8) is 0 Å². The molecule has 102 valence electrons. The smallest absolute Gasteiger partial charge is 0.156 e. The largest absolute Gasteiger partial charge is 0.393 e. The number of rotatable bonds is 6. The zero-order chi connectivity index (χ0) is 12.9. The fraction of sp³-hybridized carbons (Fsp3) is 1.00. The van der Waals surface area contributed by atoms with E-state index in [9.17, 15) is 9.50 Å². The van der Waals surface area contributed by atoms with Crippen LogP contribution in [0.25, 0.3) is 0 Å². The van der Waals surface area contributed by atoms with Crippen molar-refractivity contribution in [2.45, 2.75) is 57.2 Å². The number of ether oxygens (including phenoxy) is 1. The molecule has 0 spiro atoms. The first kappa shape index (κ1) is 14.9. The molecule has 1 fully saturated rings. The summed E-state index contributed by atoms with van der Waals surface area (Å²) in [5.41, 5.74) is 3.55. The Balaban J connectivity index is 2.85. The Morgan fingerprint density at radius 3 is 2.71 bits per heavy atom. The summed E-state index contributed by atoms with van der Waals surface area (Å²) >= 11 is 0. The minimum absolute atomic E-state index is 0.0694. The first-order chi connectivity index (χ1) is 8.04. The van der Waals surface area contributed by atoms with Crippen molar-refractivity contribution in [3.8, 4) is 0 Å². The zero-order valence-electron chi connectivity index (χ0n) is 11.0. The van der Waals surface area contributed by atoms with Gasteiger partial charge in [-0.3, -0.25) is 0 Å². The maximum atomic E-state index is 14.8. The maximum absolute atomic E-state index is 14.8. The lowest BCUT2D eigenvalue weighted by molar-refractivity contribution is -0.125. The van der Waals surface area contributed by atoms with Crippen molar-refractivity contribution < 1.29 is 14.2 Å². The van der Waals surface area contributed by atoms with E-state index >= 15 is 0 Å². The molecule has 0 bridgehead atoms. The fourth-order valence-electron chi connectivity index (χ4n) is 2.82. The van der Waals surface area contributed by atoms with Gasteiger partial charge in [0.15, 0.2) is 5.67 Å². The molecule has 1 aliphatic heterocycles. The molecular formula is C13H26FNO2. The molecule has 3 atom stereocenters. The van der Waals surface area contributed by atoms with Gasteiger partial charge in [-0.1, -0.05) is 33.1 Å². The highest BCUT2D eigenvalue weighted by Crippen LogP contribution is 2.40. The second-order valence-electron chi connectivity index (χ2n) is 5.21. The number of unbranched alkanes of at least 4 members (excludes halogenated alkanes) is 1. The van der Waals surface area contributed by atoms with Crippen LogP contribution in [0.15, 0.2) is 0 Å². The van der Waals surface area contributed by atoms with Crippen molar-refractivity contribution in [3.05, 3.63) is 0 Å². The lowest BCUT2D eigenvalue weighted by Gasteiger charge is -2.49. The van der Waals surface area contributed by atoms with Gasteiger partial charge in [0.25, 0.3) is 0 Å². The Morgan fingerprint density at radius 2 is 2.18 bits per heavy atom. The summed E-state index contributed by atoms with van der Waals surface area (Å²) in [6.07, 6.45) is 4.04. The van der Waals surface area contributed by atoms with Crippen molar-refractivity contribution >= 4 is 0 Å². The second-order valence-corrected chi connectivity index (χ2v) is 5.21. The maximum Gasteiger partial charge on any atom is 0.156 e. The summed E-state index contributed by atoms with van der Waals surface area (Å²) in [4.78, 5) is 0. The van der Waals surface area contributed by atoms with Gasteiger partial charge in [-0.25, -0.2) is 4.39 Å². The Hall–Kier alpha value is -0.190. The summed E-state index contributed by atoms with van der Waals surface area (Å²) in [6, 6.07) is 0. The van der Waals surface area contributed by atoms with E-state index in [1.54, 1.807) is 0 Å². The van der Waals surface area contributed by atoms with Crippen molar-refractivity contribution in [2.24, 2.45) is 11.7 Å². The number of aliphatic hydroxyl groups is 1. The number of halogens is 1. The van der Waals surface area contributed by atoms with Crippen molar-refractivity contribution in [2.75, 3.05) is 19.8 Å². The average molecular weight is 247 g/mol. The minimum atomic E-state index is -1.69. The van der Waals surface area contributed by atoms with Gasteiger partial charge in [0.2, 0.25) is 0 Å². The summed E-state index contributed by atoms with van der Waals surface area (Å²) in [5.74, 6) is 0.0694. The third-order valence-electron chi connectivity index (χ3n) is 4.20. The number of aliphatic hydroxyl groups excluding tert-OH is 1. The Labute approximate surface area is 104 Å². The van der Waals surface area contributed by atoms with Gasteiger partial charge in [0.1, 0.15) is 0 Å². The molecule has 4 heteroatoms. The first-order valence-corrected chi connectivity index (χ1v) is 6.70. The van der Waals surface area contributed by atoms with Crippen LogP contribution >= 0.6 is 0 Å². The van der Waals surface area contributed by atoms with Gasteiger partial charge >= 0.3 is 0 Å². The number of nitrogens with two attached hydrogens (primary N) is 1. The van der Waals surface area contributed by atoms with Gasteiger partial charge in [0, 0.05) is 13.0 Å². The predicted octanol–water partition coefficient (Wildman–Crippen LogP) is 2.02. The Morgan fingerprint density at radius 1 is 1.47 bits per heavy atom. The molecule has 0 aromatic rings. The summed E-state index contributed by atoms with van der Waals surface area (Å²) < 4.78 is 20.1. The second kappa shape index (κ2) is 6.12. The van der Waals surface area contributed by atoms with E-state index in [0.29, 0.717) is 6.61 Å². The normalized spacial score (nSPS) is 35.8. The van der Waals surface area contributed by atoms with E-state index in [1.165, 1.54) is 0 Å². The van der Waals surface area contributed by atoms with E-state index in [1.807, 2.05) is 6.92 Å². The van der Waals surface area contributed by atoms with Crippen LogP contribution < -0.4 is 5.73 Å². The quantitative estimate of drug-likeness (QED) is 0.755. The molecule has 0 radical (unpaired) electrons. The van der Waals surface area contributed by atoms with Crippen molar-refractivity contribution in [1.82, 2.24) is 0 Å². The van der Waals surface area contributed by atoms with Crippen LogP contribution in [0, 0.1) is 5.92 Å². The molecule has 1 saturated heterocycles.